The van der Waals surface area contributed by atoms with Gasteiger partial charge in [0, 0.05) is 24.3 Å². The number of carboxylic acid groups (broad SMARTS) is 1. The van der Waals surface area contributed by atoms with Gasteiger partial charge in [0.05, 0.1) is 5.39 Å². The van der Waals surface area contributed by atoms with Crippen molar-refractivity contribution in [3.8, 4) is 10.4 Å². The number of nitrogens with zero attached hydrogens (tertiary/aromatic N) is 2. The molecule has 30 heavy (non-hydrogen) atoms. The highest BCUT2D eigenvalue weighted by atomic mass is 32.1. The van der Waals surface area contributed by atoms with Gasteiger partial charge in [-0.15, -0.1) is 11.3 Å². The monoisotopic (exact) mass is 422 g/mol. The van der Waals surface area contributed by atoms with Crippen LogP contribution in [-0.4, -0.2) is 20.6 Å². The van der Waals surface area contributed by atoms with Crippen LogP contribution in [0.1, 0.15) is 24.2 Å². The fraction of sp³-hybridized carbons (Fsp3) is 0.174. The third-order valence-corrected chi connectivity index (χ3v) is 5.95. The lowest BCUT2D eigenvalue weighted by Crippen LogP contribution is -2.25. The van der Waals surface area contributed by atoms with Crippen molar-refractivity contribution in [2.45, 2.75) is 25.8 Å². The molecule has 0 aliphatic rings. The summed E-state index contributed by atoms with van der Waals surface area (Å²) in [5.74, 6) is -0.848. The average molecular weight is 422 g/mol. The van der Waals surface area contributed by atoms with Crippen LogP contribution < -0.4 is 5.56 Å². The second-order valence-corrected chi connectivity index (χ2v) is 7.98. The first kappa shape index (κ1) is 20.0. The van der Waals surface area contributed by atoms with Crippen molar-refractivity contribution in [1.29, 1.82) is 0 Å². The van der Waals surface area contributed by atoms with Gasteiger partial charge in [-0.2, -0.15) is 0 Å². The Bertz CT molecular complexity index is 1260. The van der Waals surface area contributed by atoms with Gasteiger partial charge in [0.25, 0.3) is 5.56 Å². The van der Waals surface area contributed by atoms with Crippen molar-refractivity contribution in [3.63, 3.8) is 0 Å². The van der Waals surface area contributed by atoms with Crippen LogP contribution in [0.15, 0.2) is 65.5 Å². The van der Waals surface area contributed by atoms with E-state index in [1.165, 1.54) is 22.0 Å². The Kier molecular flexibility index (Phi) is 5.72. The van der Waals surface area contributed by atoms with Crippen LogP contribution in [0.25, 0.3) is 20.7 Å². The third-order valence-electron chi connectivity index (χ3n) is 4.87. The minimum atomic E-state index is -0.922. The second kappa shape index (κ2) is 8.59. The fourth-order valence-electron chi connectivity index (χ4n) is 3.37. The molecule has 0 bridgehead atoms. The SMILES string of the molecule is O=C(O)CCCn1c(Cc2ccccc2F)nc2sc(-c3ccccc3)cc2c1=O. The maximum absolute atomic E-state index is 14.2. The van der Waals surface area contributed by atoms with Gasteiger partial charge < -0.3 is 5.11 Å². The molecule has 2 heterocycles. The Balaban J connectivity index is 1.81. The quantitative estimate of drug-likeness (QED) is 0.468. The predicted molar refractivity (Wildman–Crippen MR) is 115 cm³/mol. The van der Waals surface area contributed by atoms with E-state index in [2.05, 4.69) is 4.98 Å². The van der Waals surface area contributed by atoms with Gasteiger partial charge in [-0.25, -0.2) is 9.37 Å². The molecule has 0 amide bonds. The van der Waals surface area contributed by atoms with E-state index in [0.717, 1.165) is 10.4 Å². The highest BCUT2D eigenvalue weighted by Gasteiger charge is 2.16. The summed E-state index contributed by atoms with van der Waals surface area (Å²) in [5.41, 5.74) is 1.21. The Morgan fingerprint density at radius 2 is 1.83 bits per heavy atom. The number of carboxylic acids is 1. The van der Waals surface area contributed by atoms with E-state index in [1.807, 2.05) is 36.4 Å². The van der Waals surface area contributed by atoms with E-state index in [-0.39, 0.29) is 30.8 Å². The van der Waals surface area contributed by atoms with Crippen LogP contribution in [0.2, 0.25) is 0 Å². The standard InChI is InChI=1S/C23H19FN2O3S/c24-18-10-5-4-9-16(18)13-20-25-22-17(23(29)26(20)12-6-11-21(27)28)14-19(30-22)15-7-2-1-3-8-15/h1-5,7-10,14H,6,11-13H2,(H,27,28). The van der Waals surface area contributed by atoms with Gasteiger partial charge in [0.15, 0.2) is 0 Å². The predicted octanol–water partition coefficient (Wildman–Crippen LogP) is 4.72. The van der Waals surface area contributed by atoms with Gasteiger partial charge in [0.1, 0.15) is 16.5 Å². The maximum atomic E-state index is 14.2. The summed E-state index contributed by atoms with van der Waals surface area (Å²) in [7, 11) is 0. The summed E-state index contributed by atoms with van der Waals surface area (Å²) in [6, 6.07) is 17.9. The normalized spacial score (nSPS) is 11.1. The van der Waals surface area contributed by atoms with Gasteiger partial charge in [-0.3, -0.25) is 14.2 Å². The minimum Gasteiger partial charge on any atom is -0.481 e. The van der Waals surface area contributed by atoms with Crippen molar-refractivity contribution in [2.24, 2.45) is 0 Å². The van der Waals surface area contributed by atoms with Crippen molar-refractivity contribution >= 4 is 27.5 Å². The topological polar surface area (TPSA) is 72.2 Å². The molecular weight excluding hydrogens is 403 g/mol. The molecule has 0 radical (unpaired) electrons. The van der Waals surface area contributed by atoms with Crippen molar-refractivity contribution in [2.75, 3.05) is 0 Å². The number of aliphatic carboxylic acids is 1. The minimum absolute atomic E-state index is 0.0531. The number of aromatic nitrogens is 2. The smallest absolute Gasteiger partial charge is 0.303 e. The third kappa shape index (κ3) is 4.16. The first-order valence-electron chi connectivity index (χ1n) is 9.57. The largest absolute Gasteiger partial charge is 0.481 e. The Morgan fingerprint density at radius 1 is 1.10 bits per heavy atom. The zero-order valence-electron chi connectivity index (χ0n) is 16.0. The number of thiophene rings is 1. The van der Waals surface area contributed by atoms with Gasteiger partial charge in [-0.05, 0) is 29.7 Å². The molecule has 0 spiro atoms. The first-order chi connectivity index (χ1) is 14.5. The lowest BCUT2D eigenvalue weighted by atomic mass is 10.1. The summed E-state index contributed by atoms with van der Waals surface area (Å²) < 4.78 is 15.7. The lowest BCUT2D eigenvalue weighted by molar-refractivity contribution is -0.137. The van der Waals surface area contributed by atoms with Gasteiger partial charge in [0.2, 0.25) is 0 Å². The van der Waals surface area contributed by atoms with Crippen molar-refractivity contribution < 1.29 is 14.3 Å². The molecule has 4 aromatic rings. The van der Waals surface area contributed by atoms with Gasteiger partial charge >= 0.3 is 5.97 Å². The van der Waals surface area contributed by atoms with E-state index in [1.54, 1.807) is 18.2 Å². The number of halogens is 1. The molecule has 0 atom stereocenters. The van der Waals surface area contributed by atoms with E-state index in [9.17, 15) is 14.0 Å². The summed E-state index contributed by atoms with van der Waals surface area (Å²) in [6.07, 6.45) is 0.397. The van der Waals surface area contributed by atoms with E-state index in [0.29, 0.717) is 28.0 Å². The molecular formula is C23H19FN2O3S. The summed E-state index contributed by atoms with van der Waals surface area (Å²) in [5, 5.41) is 9.44. The summed E-state index contributed by atoms with van der Waals surface area (Å²) in [6.45, 7) is 0.217. The summed E-state index contributed by atoms with van der Waals surface area (Å²) >= 11 is 1.42. The highest BCUT2D eigenvalue weighted by Crippen LogP contribution is 2.31. The zero-order valence-corrected chi connectivity index (χ0v) is 16.9. The van der Waals surface area contributed by atoms with Crippen molar-refractivity contribution in [3.05, 3.63) is 88.2 Å². The lowest BCUT2D eigenvalue weighted by Gasteiger charge is -2.12. The second-order valence-electron chi connectivity index (χ2n) is 6.95. The van der Waals surface area contributed by atoms with Crippen LogP contribution in [-0.2, 0) is 17.8 Å². The number of hydrogen-bond acceptors (Lipinski definition) is 4. The average Bonchev–Trinajstić information content (AvgIpc) is 3.17. The maximum Gasteiger partial charge on any atom is 0.303 e. The molecule has 0 saturated carbocycles. The van der Waals surface area contributed by atoms with Gasteiger partial charge in [-0.1, -0.05) is 48.5 Å². The molecule has 1 N–H and O–H groups in total. The van der Waals surface area contributed by atoms with Crippen LogP contribution >= 0.6 is 11.3 Å². The molecule has 4 rings (SSSR count). The molecule has 0 aliphatic heterocycles. The Hall–Kier alpha value is -3.32. The van der Waals surface area contributed by atoms with E-state index >= 15 is 0 Å². The number of rotatable bonds is 7. The van der Waals surface area contributed by atoms with Crippen molar-refractivity contribution in [1.82, 2.24) is 9.55 Å². The molecule has 0 unspecified atom stereocenters. The zero-order chi connectivity index (χ0) is 21.1. The molecule has 152 valence electrons. The van der Waals surface area contributed by atoms with Crippen LogP contribution in [0.4, 0.5) is 4.39 Å². The van der Waals surface area contributed by atoms with Crippen LogP contribution in [0.3, 0.4) is 0 Å². The molecule has 0 fully saturated rings. The molecule has 2 aromatic heterocycles. The first-order valence-corrected chi connectivity index (χ1v) is 10.4. The molecule has 0 aliphatic carbocycles. The number of hydrogen-bond donors (Lipinski definition) is 1. The Labute approximate surface area is 176 Å². The van der Waals surface area contributed by atoms with Crippen LogP contribution in [0, 0.1) is 5.82 Å². The van der Waals surface area contributed by atoms with Crippen LogP contribution in [0.5, 0.6) is 0 Å². The molecule has 5 nitrogen and oxygen atoms in total. The molecule has 2 aromatic carbocycles. The fourth-order valence-corrected chi connectivity index (χ4v) is 4.41. The summed E-state index contributed by atoms with van der Waals surface area (Å²) in [4.78, 5) is 30.4. The van der Waals surface area contributed by atoms with E-state index in [4.69, 9.17) is 5.11 Å². The highest BCUT2D eigenvalue weighted by molar-refractivity contribution is 7.21. The Morgan fingerprint density at radius 3 is 2.57 bits per heavy atom. The number of benzene rings is 2. The van der Waals surface area contributed by atoms with E-state index < -0.39 is 5.97 Å². The number of fused-ring (bicyclic) bond motifs is 1. The molecule has 7 heteroatoms. The number of carbonyl (C=O) groups is 1. The molecule has 0 saturated heterocycles.